The van der Waals surface area contributed by atoms with Crippen LogP contribution in [-0.2, 0) is 4.74 Å². The van der Waals surface area contributed by atoms with Gasteiger partial charge in [-0.25, -0.2) is 0 Å². The number of rotatable bonds is 10. The van der Waals surface area contributed by atoms with Gasteiger partial charge in [0, 0.05) is 19.8 Å². The van der Waals surface area contributed by atoms with Crippen molar-refractivity contribution in [3.05, 3.63) is 0 Å². The van der Waals surface area contributed by atoms with Gasteiger partial charge < -0.3 is 10.1 Å². The number of ether oxygens (including phenoxy) is 1. The summed E-state index contributed by atoms with van der Waals surface area (Å²) in [6.07, 6.45) is 13.8. The zero-order chi connectivity index (χ0) is 13.1. The van der Waals surface area contributed by atoms with Gasteiger partial charge in [-0.3, -0.25) is 0 Å². The van der Waals surface area contributed by atoms with Crippen LogP contribution in [0.4, 0.5) is 0 Å². The SMILES string of the molecule is CCCCCCCCCC1(CNC)CCOCC1. The number of unbranched alkanes of at least 4 members (excludes halogenated alkanes) is 6. The summed E-state index contributed by atoms with van der Waals surface area (Å²) in [6, 6.07) is 0. The van der Waals surface area contributed by atoms with Crippen LogP contribution in [0.2, 0.25) is 0 Å². The molecule has 0 aromatic heterocycles. The highest BCUT2D eigenvalue weighted by Crippen LogP contribution is 2.35. The van der Waals surface area contributed by atoms with Crippen molar-refractivity contribution < 1.29 is 4.74 Å². The van der Waals surface area contributed by atoms with E-state index in [1.165, 1.54) is 70.8 Å². The smallest absolute Gasteiger partial charge is 0.0471 e. The van der Waals surface area contributed by atoms with Gasteiger partial charge in [-0.05, 0) is 31.7 Å². The molecule has 108 valence electrons. The Balaban J connectivity index is 2.10. The van der Waals surface area contributed by atoms with Gasteiger partial charge in [0.2, 0.25) is 0 Å². The Hall–Kier alpha value is -0.0800. The molecule has 2 nitrogen and oxygen atoms in total. The minimum atomic E-state index is 0.538. The van der Waals surface area contributed by atoms with E-state index in [1.54, 1.807) is 0 Å². The lowest BCUT2D eigenvalue weighted by molar-refractivity contribution is 0.0100. The largest absolute Gasteiger partial charge is 0.381 e. The number of hydrogen-bond donors (Lipinski definition) is 1. The van der Waals surface area contributed by atoms with E-state index in [-0.39, 0.29) is 0 Å². The maximum atomic E-state index is 5.52. The van der Waals surface area contributed by atoms with Crippen molar-refractivity contribution >= 4 is 0 Å². The fraction of sp³-hybridized carbons (Fsp3) is 1.00. The summed E-state index contributed by atoms with van der Waals surface area (Å²) in [6.45, 7) is 5.40. The van der Waals surface area contributed by atoms with Gasteiger partial charge in [0.05, 0.1) is 0 Å². The number of hydrogen-bond acceptors (Lipinski definition) is 2. The Bertz CT molecular complexity index is 182. The molecule has 0 aromatic carbocycles. The standard InChI is InChI=1S/C16H33NO/c1-3-4-5-6-7-8-9-10-16(15-17-2)11-13-18-14-12-16/h17H,3-15H2,1-2H3. The van der Waals surface area contributed by atoms with Crippen molar-refractivity contribution in [1.29, 1.82) is 0 Å². The van der Waals surface area contributed by atoms with Crippen LogP contribution in [0.1, 0.15) is 71.1 Å². The van der Waals surface area contributed by atoms with E-state index in [4.69, 9.17) is 4.74 Å². The fourth-order valence-electron chi connectivity index (χ4n) is 3.15. The van der Waals surface area contributed by atoms with Crippen LogP contribution in [0.15, 0.2) is 0 Å². The lowest BCUT2D eigenvalue weighted by Gasteiger charge is -2.37. The molecule has 0 spiro atoms. The molecule has 1 N–H and O–H groups in total. The van der Waals surface area contributed by atoms with Crippen molar-refractivity contribution in [1.82, 2.24) is 5.32 Å². The van der Waals surface area contributed by atoms with Gasteiger partial charge in [-0.15, -0.1) is 0 Å². The summed E-state index contributed by atoms with van der Waals surface area (Å²) >= 11 is 0. The first-order chi connectivity index (χ1) is 8.83. The maximum absolute atomic E-state index is 5.52. The summed E-state index contributed by atoms with van der Waals surface area (Å²) in [5.74, 6) is 0. The number of nitrogens with one attached hydrogen (secondary N) is 1. The first-order valence-corrected chi connectivity index (χ1v) is 8.05. The van der Waals surface area contributed by atoms with Gasteiger partial charge >= 0.3 is 0 Å². The summed E-state index contributed by atoms with van der Waals surface area (Å²) in [5, 5.41) is 3.39. The summed E-state index contributed by atoms with van der Waals surface area (Å²) in [4.78, 5) is 0. The monoisotopic (exact) mass is 255 g/mol. The third-order valence-electron chi connectivity index (χ3n) is 4.42. The average molecular weight is 255 g/mol. The Morgan fingerprint density at radius 2 is 1.56 bits per heavy atom. The van der Waals surface area contributed by atoms with Gasteiger partial charge in [-0.1, -0.05) is 51.9 Å². The second-order valence-corrected chi connectivity index (χ2v) is 6.01. The predicted octanol–water partition coefficient (Wildman–Crippen LogP) is 4.14. The van der Waals surface area contributed by atoms with Crippen LogP contribution in [0, 0.1) is 5.41 Å². The first-order valence-electron chi connectivity index (χ1n) is 8.05. The van der Waals surface area contributed by atoms with Gasteiger partial charge in [0.25, 0.3) is 0 Å². The fourth-order valence-corrected chi connectivity index (χ4v) is 3.15. The Labute approximate surface area is 114 Å². The topological polar surface area (TPSA) is 21.3 Å². The average Bonchev–Trinajstić information content (AvgIpc) is 2.39. The molecule has 0 aromatic rings. The normalized spacial score (nSPS) is 19.0. The van der Waals surface area contributed by atoms with Crippen LogP contribution >= 0.6 is 0 Å². The van der Waals surface area contributed by atoms with Crippen LogP contribution in [0.25, 0.3) is 0 Å². The van der Waals surface area contributed by atoms with E-state index in [0.717, 1.165) is 13.2 Å². The van der Waals surface area contributed by atoms with Crippen molar-refractivity contribution in [3.8, 4) is 0 Å². The Morgan fingerprint density at radius 1 is 0.944 bits per heavy atom. The molecule has 1 heterocycles. The van der Waals surface area contributed by atoms with Crippen molar-refractivity contribution in [3.63, 3.8) is 0 Å². The molecule has 0 unspecified atom stereocenters. The lowest BCUT2D eigenvalue weighted by atomic mass is 9.76. The van der Waals surface area contributed by atoms with Crippen molar-refractivity contribution in [2.45, 2.75) is 71.1 Å². The molecule has 0 aliphatic carbocycles. The molecule has 2 heteroatoms. The third kappa shape index (κ3) is 6.19. The molecule has 1 aliphatic heterocycles. The molecule has 0 amide bonds. The molecule has 1 rings (SSSR count). The lowest BCUT2D eigenvalue weighted by Crippen LogP contribution is -2.38. The van der Waals surface area contributed by atoms with E-state index in [9.17, 15) is 0 Å². The molecule has 0 radical (unpaired) electrons. The van der Waals surface area contributed by atoms with E-state index < -0.39 is 0 Å². The van der Waals surface area contributed by atoms with Crippen LogP contribution in [0.5, 0.6) is 0 Å². The molecular formula is C16H33NO. The van der Waals surface area contributed by atoms with E-state index in [0.29, 0.717) is 5.41 Å². The van der Waals surface area contributed by atoms with Gasteiger partial charge in [-0.2, -0.15) is 0 Å². The first kappa shape index (κ1) is 16.0. The molecular weight excluding hydrogens is 222 g/mol. The minimum absolute atomic E-state index is 0.538. The second kappa shape index (κ2) is 9.80. The predicted molar refractivity (Wildman–Crippen MR) is 79.0 cm³/mol. The van der Waals surface area contributed by atoms with Gasteiger partial charge in [0.15, 0.2) is 0 Å². The highest BCUT2D eigenvalue weighted by atomic mass is 16.5. The van der Waals surface area contributed by atoms with Crippen LogP contribution in [0.3, 0.4) is 0 Å². The third-order valence-corrected chi connectivity index (χ3v) is 4.42. The summed E-state index contributed by atoms with van der Waals surface area (Å²) < 4.78 is 5.52. The van der Waals surface area contributed by atoms with Crippen LogP contribution < -0.4 is 5.32 Å². The quantitative estimate of drug-likeness (QED) is 0.592. The molecule has 1 aliphatic rings. The molecule has 0 saturated carbocycles. The van der Waals surface area contributed by atoms with Gasteiger partial charge in [0.1, 0.15) is 0 Å². The molecule has 18 heavy (non-hydrogen) atoms. The second-order valence-electron chi connectivity index (χ2n) is 6.01. The Kier molecular flexibility index (Phi) is 8.70. The molecule has 0 atom stereocenters. The molecule has 1 fully saturated rings. The Morgan fingerprint density at radius 3 is 2.17 bits per heavy atom. The summed E-state index contributed by atoms with van der Waals surface area (Å²) in [5.41, 5.74) is 0.538. The van der Waals surface area contributed by atoms with E-state index >= 15 is 0 Å². The molecule has 1 saturated heterocycles. The van der Waals surface area contributed by atoms with E-state index in [1.807, 2.05) is 0 Å². The highest BCUT2D eigenvalue weighted by molar-refractivity contribution is 4.83. The zero-order valence-corrected chi connectivity index (χ0v) is 12.6. The maximum Gasteiger partial charge on any atom is 0.0471 e. The minimum Gasteiger partial charge on any atom is -0.381 e. The zero-order valence-electron chi connectivity index (χ0n) is 12.6. The summed E-state index contributed by atoms with van der Waals surface area (Å²) in [7, 11) is 2.09. The van der Waals surface area contributed by atoms with Crippen molar-refractivity contribution in [2.75, 3.05) is 26.8 Å². The van der Waals surface area contributed by atoms with Crippen LogP contribution in [-0.4, -0.2) is 26.8 Å². The highest BCUT2D eigenvalue weighted by Gasteiger charge is 2.30. The molecule has 0 bridgehead atoms. The van der Waals surface area contributed by atoms with Crippen molar-refractivity contribution in [2.24, 2.45) is 5.41 Å². The van der Waals surface area contributed by atoms with E-state index in [2.05, 4.69) is 19.3 Å².